The molecule has 2 unspecified atom stereocenters. The summed E-state index contributed by atoms with van der Waals surface area (Å²) in [5.41, 5.74) is 5.49. The third kappa shape index (κ3) is 3.81. The van der Waals surface area contributed by atoms with E-state index < -0.39 is 0 Å². The van der Waals surface area contributed by atoms with Crippen LogP contribution in [-0.4, -0.2) is 12.7 Å². The van der Waals surface area contributed by atoms with Crippen molar-refractivity contribution in [1.82, 2.24) is 5.43 Å². The van der Waals surface area contributed by atoms with Gasteiger partial charge in [-0.05, 0) is 38.2 Å². The molecule has 3 heteroatoms. The Bertz CT molecular complexity index is 384. The summed E-state index contributed by atoms with van der Waals surface area (Å²) in [7, 11) is 0. The molecule has 0 spiro atoms. The molecule has 1 aromatic carbocycles. The van der Waals surface area contributed by atoms with Crippen molar-refractivity contribution in [2.24, 2.45) is 11.8 Å². The Kier molecular flexibility index (Phi) is 6.02. The third-order valence-electron chi connectivity index (χ3n) is 4.42. The Labute approximate surface area is 122 Å². The molecule has 2 atom stereocenters. The average Bonchev–Trinajstić information content (AvgIpc) is 2.50. The topological polar surface area (TPSA) is 47.3 Å². The van der Waals surface area contributed by atoms with Gasteiger partial charge >= 0.3 is 0 Å². The standard InChI is InChI=1S/C17H28N2O/c1-3-20-17(15-7-5-4-6-8-15)16(19-18)14-11-9-13(2)10-12-14/h9-12,15-17,19H,3-8,18H2,1-2H3. The lowest BCUT2D eigenvalue weighted by Gasteiger charge is -2.35. The first-order valence-electron chi connectivity index (χ1n) is 7.90. The molecule has 0 amide bonds. The van der Waals surface area contributed by atoms with E-state index in [4.69, 9.17) is 10.6 Å². The maximum Gasteiger partial charge on any atom is 0.0810 e. The summed E-state index contributed by atoms with van der Waals surface area (Å²) in [6.07, 6.45) is 6.69. The maximum atomic E-state index is 6.08. The zero-order valence-corrected chi connectivity index (χ0v) is 12.8. The minimum atomic E-state index is 0.0821. The third-order valence-corrected chi connectivity index (χ3v) is 4.42. The van der Waals surface area contributed by atoms with Gasteiger partial charge in [0.2, 0.25) is 0 Å². The predicted molar refractivity (Wildman–Crippen MR) is 83.2 cm³/mol. The monoisotopic (exact) mass is 276 g/mol. The van der Waals surface area contributed by atoms with E-state index in [1.165, 1.54) is 43.2 Å². The highest BCUT2D eigenvalue weighted by molar-refractivity contribution is 5.25. The summed E-state index contributed by atoms with van der Waals surface area (Å²) in [4.78, 5) is 0. The van der Waals surface area contributed by atoms with Gasteiger partial charge in [-0.3, -0.25) is 11.3 Å². The van der Waals surface area contributed by atoms with E-state index >= 15 is 0 Å². The van der Waals surface area contributed by atoms with E-state index in [9.17, 15) is 0 Å². The summed E-state index contributed by atoms with van der Waals surface area (Å²) in [6, 6.07) is 8.69. The SMILES string of the molecule is CCOC(C1CCCCC1)C(NN)c1ccc(C)cc1. The van der Waals surface area contributed by atoms with Crippen LogP contribution in [0.25, 0.3) is 0 Å². The fraction of sp³-hybridized carbons (Fsp3) is 0.647. The van der Waals surface area contributed by atoms with Gasteiger partial charge in [-0.15, -0.1) is 0 Å². The van der Waals surface area contributed by atoms with E-state index in [-0.39, 0.29) is 12.1 Å². The van der Waals surface area contributed by atoms with Crippen LogP contribution in [0.1, 0.15) is 56.2 Å². The molecule has 0 saturated heterocycles. The number of ether oxygens (including phenoxy) is 1. The molecule has 1 aromatic rings. The lowest BCUT2D eigenvalue weighted by Crippen LogP contribution is -2.42. The minimum Gasteiger partial charge on any atom is -0.376 e. The number of rotatable bonds is 6. The van der Waals surface area contributed by atoms with E-state index in [1.807, 2.05) is 0 Å². The zero-order chi connectivity index (χ0) is 14.4. The quantitative estimate of drug-likeness (QED) is 0.617. The van der Waals surface area contributed by atoms with Gasteiger partial charge in [-0.2, -0.15) is 0 Å². The van der Waals surface area contributed by atoms with Crippen molar-refractivity contribution in [3.63, 3.8) is 0 Å². The van der Waals surface area contributed by atoms with Crippen LogP contribution in [0, 0.1) is 12.8 Å². The smallest absolute Gasteiger partial charge is 0.0810 e. The van der Waals surface area contributed by atoms with Crippen molar-refractivity contribution in [3.05, 3.63) is 35.4 Å². The molecular weight excluding hydrogens is 248 g/mol. The van der Waals surface area contributed by atoms with Crippen molar-refractivity contribution in [2.75, 3.05) is 6.61 Å². The molecule has 3 N–H and O–H groups in total. The second-order valence-corrected chi connectivity index (χ2v) is 5.87. The van der Waals surface area contributed by atoms with E-state index in [0.29, 0.717) is 5.92 Å². The van der Waals surface area contributed by atoms with Crippen LogP contribution in [0.5, 0.6) is 0 Å². The molecule has 0 heterocycles. The Balaban J connectivity index is 2.17. The highest BCUT2D eigenvalue weighted by atomic mass is 16.5. The van der Waals surface area contributed by atoms with Crippen LogP contribution in [0.3, 0.4) is 0 Å². The molecular formula is C17H28N2O. The number of benzene rings is 1. The molecule has 20 heavy (non-hydrogen) atoms. The number of nitrogens with one attached hydrogen (secondary N) is 1. The van der Waals surface area contributed by atoms with E-state index in [2.05, 4.69) is 43.5 Å². The van der Waals surface area contributed by atoms with Crippen LogP contribution in [0.2, 0.25) is 0 Å². The molecule has 0 aromatic heterocycles. The first kappa shape index (κ1) is 15.5. The van der Waals surface area contributed by atoms with Gasteiger partial charge in [-0.1, -0.05) is 49.1 Å². The van der Waals surface area contributed by atoms with Gasteiger partial charge in [0, 0.05) is 6.61 Å². The van der Waals surface area contributed by atoms with Crippen LogP contribution >= 0.6 is 0 Å². The lowest BCUT2D eigenvalue weighted by molar-refractivity contribution is -0.0184. The number of nitrogens with two attached hydrogens (primary N) is 1. The Hall–Kier alpha value is -0.900. The molecule has 1 saturated carbocycles. The first-order valence-corrected chi connectivity index (χ1v) is 7.90. The maximum absolute atomic E-state index is 6.08. The van der Waals surface area contributed by atoms with Gasteiger partial charge in [0.05, 0.1) is 12.1 Å². The predicted octanol–water partition coefficient (Wildman–Crippen LogP) is 3.48. The fourth-order valence-electron chi connectivity index (χ4n) is 3.31. The summed E-state index contributed by atoms with van der Waals surface area (Å²) >= 11 is 0. The van der Waals surface area contributed by atoms with Crippen LogP contribution in [-0.2, 0) is 4.74 Å². The molecule has 112 valence electrons. The average molecular weight is 276 g/mol. The highest BCUT2D eigenvalue weighted by Gasteiger charge is 2.31. The number of hydrazine groups is 1. The van der Waals surface area contributed by atoms with E-state index in [1.54, 1.807) is 0 Å². The van der Waals surface area contributed by atoms with Crippen molar-refractivity contribution >= 4 is 0 Å². The van der Waals surface area contributed by atoms with Crippen molar-refractivity contribution in [3.8, 4) is 0 Å². The molecule has 0 bridgehead atoms. The molecule has 1 aliphatic rings. The van der Waals surface area contributed by atoms with Crippen molar-refractivity contribution in [1.29, 1.82) is 0 Å². The van der Waals surface area contributed by atoms with Gasteiger partial charge in [0.15, 0.2) is 0 Å². The Morgan fingerprint density at radius 1 is 1.20 bits per heavy atom. The summed E-state index contributed by atoms with van der Waals surface area (Å²) < 4.78 is 6.08. The summed E-state index contributed by atoms with van der Waals surface area (Å²) in [5.74, 6) is 6.47. The van der Waals surface area contributed by atoms with E-state index in [0.717, 1.165) is 6.61 Å². The van der Waals surface area contributed by atoms with Gasteiger partial charge in [0.25, 0.3) is 0 Å². The minimum absolute atomic E-state index is 0.0821. The van der Waals surface area contributed by atoms with Crippen molar-refractivity contribution < 1.29 is 4.74 Å². The number of hydrogen-bond acceptors (Lipinski definition) is 3. The first-order chi connectivity index (χ1) is 9.76. The van der Waals surface area contributed by atoms with Gasteiger partial charge < -0.3 is 4.74 Å². The molecule has 1 aliphatic carbocycles. The highest BCUT2D eigenvalue weighted by Crippen LogP contribution is 2.34. The van der Waals surface area contributed by atoms with Crippen LogP contribution < -0.4 is 11.3 Å². The number of aryl methyl sites for hydroxylation is 1. The zero-order valence-electron chi connectivity index (χ0n) is 12.8. The van der Waals surface area contributed by atoms with Crippen LogP contribution in [0.15, 0.2) is 24.3 Å². The second-order valence-electron chi connectivity index (χ2n) is 5.87. The summed E-state index contributed by atoms with van der Waals surface area (Å²) in [6.45, 7) is 4.92. The fourth-order valence-corrected chi connectivity index (χ4v) is 3.31. The number of hydrogen-bond donors (Lipinski definition) is 2. The molecule has 2 rings (SSSR count). The van der Waals surface area contributed by atoms with Gasteiger partial charge in [-0.25, -0.2) is 0 Å². The van der Waals surface area contributed by atoms with Crippen molar-refractivity contribution in [2.45, 2.75) is 58.1 Å². The molecule has 1 fully saturated rings. The largest absolute Gasteiger partial charge is 0.376 e. The van der Waals surface area contributed by atoms with Crippen LogP contribution in [0.4, 0.5) is 0 Å². The van der Waals surface area contributed by atoms with Gasteiger partial charge in [0.1, 0.15) is 0 Å². The normalized spacial score (nSPS) is 19.8. The molecule has 0 aliphatic heterocycles. The second kappa shape index (κ2) is 7.77. The lowest BCUT2D eigenvalue weighted by atomic mass is 9.81. The molecule has 3 nitrogen and oxygen atoms in total. The Morgan fingerprint density at radius 2 is 1.85 bits per heavy atom. The Morgan fingerprint density at radius 3 is 2.40 bits per heavy atom. The molecule has 0 radical (unpaired) electrons. The summed E-state index contributed by atoms with van der Waals surface area (Å²) in [5, 5.41) is 0.